The van der Waals surface area contributed by atoms with Crippen LogP contribution in [0.15, 0.2) is 47.5 Å². The van der Waals surface area contributed by atoms with Gasteiger partial charge in [0.15, 0.2) is 5.17 Å². The minimum Gasteiger partial charge on any atom is -0.301 e. The van der Waals surface area contributed by atoms with Crippen LogP contribution < -0.4 is 5.32 Å². The van der Waals surface area contributed by atoms with Gasteiger partial charge in [0.1, 0.15) is 0 Å². The summed E-state index contributed by atoms with van der Waals surface area (Å²) >= 11 is 3.26. The highest BCUT2D eigenvalue weighted by atomic mass is 32.2. The molecule has 4 nitrogen and oxygen atoms in total. The lowest BCUT2D eigenvalue weighted by atomic mass is 10.1. The van der Waals surface area contributed by atoms with E-state index in [9.17, 15) is 4.79 Å². The molecule has 3 aromatic rings. The molecule has 0 spiro atoms. The molecule has 0 fully saturated rings. The van der Waals surface area contributed by atoms with Crippen LogP contribution in [0.2, 0.25) is 0 Å². The summed E-state index contributed by atoms with van der Waals surface area (Å²) in [6.07, 6.45) is 0. The van der Waals surface area contributed by atoms with Gasteiger partial charge in [0.05, 0.1) is 28.2 Å². The molecule has 0 atom stereocenters. The number of fused-ring (bicyclic) bond motifs is 1. The topological polar surface area (TPSA) is 54.4 Å². The van der Waals surface area contributed by atoms with Crippen molar-refractivity contribution in [2.75, 3.05) is 12.3 Å². The second-order valence-electron chi connectivity index (χ2n) is 5.47. The largest absolute Gasteiger partial charge is 0.301 e. The molecule has 1 aliphatic heterocycles. The third kappa shape index (κ3) is 2.95. The molecule has 6 heteroatoms. The molecule has 1 amide bonds. The van der Waals surface area contributed by atoms with Gasteiger partial charge in [0.25, 0.3) is 5.91 Å². The van der Waals surface area contributed by atoms with Crippen LogP contribution in [-0.4, -0.2) is 28.4 Å². The summed E-state index contributed by atoms with van der Waals surface area (Å²) in [5, 5.41) is 4.48. The maximum Gasteiger partial charge on any atom is 0.257 e. The average Bonchev–Trinajstić information content (AvgIpc) is 3.25. The molecule has 1 N–H and O–H groups in total. The summed E-state index contributed by atoms with van der Waals surface area (Å²) in [6.45, 7) is 2.83. The van der Waals surface area contributed by atoms with Gasteiger partial charge >= 0.3 is 0 Å². The lowest BCUT2D eigenvalue weighted by Crippen LogP contribution is -2.27. The number of thioether (sulfide) groups is 1. The van der Waals surface area contributed by atoms with Gasteiger partial charge in [-0.25, -0.2) is 4.98 Å². The zero-order valence-corrected chi connectivity index (χ0v) is 14.7. The number of hydrogen-bond donors (Lipinski definition) is 1. The molecular weight excluding hydrogens is 338 g/mol. The van der Waals surface area contributed by atoms with Crippen molar-refractivity contribution in [1.82, 2.24) is 10.3 Å². The lowest BCUT2D eigenvalue weighted by Gasteiger charge is -2.09. The fourth-order valence-corrected chi connectivity index (χ4v) is 4.19. The van der Waals surface area contributed by atoms with E-state index in [2.05, 4.69) is 29.4 Å². The summed E-state index contributed by atoms with van der Waals surface area (Å²) in [5.41, 5.74) is 2.29. The van der Waals surface area contributed by atoms with Crippen LogP contribution in [-0.2, 0) is 0 Å². The van der Waals surface area contributed by atoms with Gasteiger partial charge < -0.3 is 5.32 Å². The first-order valence-electron chi connectivity index (χ1n) is 7.66. The lowest BCUT2D eigenvalue weighted by molar-refractivity contribution is 0.0979. The van der Waals surface area contributed by atoms with E-state index in [4.69, 9.17) is 4.98 Å². The van der Waals surface area contributed by atoms with Gasteiger partial charge in [-0.15, -0.1) is 11.3 Å². The Morgan fingerprint density at radius 2 is 2.08 bits per heavy atom. The number of rotatable bonds is 2. The van der Waals surface area contributed by atoms with Crippen LogP contribution in [0.3, 0.4) is 0 Å². The third-order valence-electron chi connectivity index (χ3n) is 3.76. The number of para-hydroxylation sites is 1. The molecule has 0 saturated heterocycles. The minimum absolute atomic E-state index is 0.128. The van der Waals surface area contributed by atoms with Gasteiger partial charge in [-0.2, -0.15) is 0 Å². The molecule has 1 aliphatic rings. The standard InChI is InChI=1S/C18H15N3OS2/c1-11-6-7-16(24-11)15-10-13(12-4-2-3-5-14(12)20-15)17(22)21-18-19-8-9-23-18/h2-7,10H,8-9H2,1H3,(H,19,21,22). The van der Waals surface area contributed by atoms with Crippen molar-refractivity contribution in [1.29, 1.82) is 0 Å². The van der Waals surface area contributed by atoms with E-state index >= 15 is 0 Å². The summed E-state index contributed by atoms with van der Waals surface area (Å²) in [5.74, 6) is 0.795. The number of nitrogens with one attached hydrogen (secondary N) is 1. The Morgan fingerprint density at radius 1 is 1.21 bits per heavy atom. The number of hydrogen-bond acceptors (Lipinski definition) is 5. The normalized spacial score (nSPS) is 14.0. The van der Waals surface area contributed by atoms with E-state index < -0.39 is 0 Å². The number of benzene rings is 1. The van der Waals surface area contributed by atoms with E-state index in [1.54, 1.807) is 23.1 Å². The first-order valence-corrected chi connectivity index (χ1v) is 9.46. The molecule has 0 unspecified atom stereocenters. The van der Waals surface area contributed by atoms with Gasteiger partial charge in [-0.1, -0.05) is 30.0 Å². The molecule has 24 heavy (non-hydrogen) atoms. The molecule has 0 bridgehead atoms. The van der Waals surface area contributed by atoms with Crippen LogP contribution in [0.4, 0.5) is 0 Å². The molecule has 0 aliphatic carbocycles. The van der Waals surface area contributed by atoms with Gasteiger partial charge in [-0.3, -0.25) is 9.79 Å². The second kappa shape index (κ2) is 6.37. The number of amides is 1. The number of nitrogens with zero attached hydrogens (tertiary/aromatic N) is 2. The van der Waals surface area contributed by atoms with Gasteiger partial charge in [0, 0.05) is 16.0 Å². The Bertz CT molecular complexity index is 962. The Kier molecular flexibility index (Phi) is 4.08. The molecule has 0 radical (unpaired) electrons. The summed E-state index contributed by atoms with van der Waals surface area (Å²) in [6, 6.07) is 13.7. The number of pyridine rings is 1. The molecule has 3 heterocycles. The Morgan fingerprint density at radius 3 is 2.83 bits per heavy atom. The van der Waals surface area contributed by atoms with Crippen molar-refractivity contribution in [2.45, 2.75) is 6.92 Å². The van der Waals surface area contributed by atoms with Crippen molar-refractivity contribution >= 4 is 45.1 Å². The van der Waals surface area contributed by atoms with Crippen molar-refractivity contribution < 1.29 is 4.79 Å². The predicted octanol–water partition coefficient (Wildman–Crippen LogP) is 4.10. The SMILES string of the molecule is Cc1ccc(-c2cc(C(=O)NC3=NCCS3)c3ccccc3n2)s1. The quantitative estimate of drug-likeness (QED) is 0.754. The zero-order valence-electron chi connectivity index (χ0n) is 13.1. The van der Waals surface area contributed by atoms with Crippen LogP contribution in [0.25, 0.3) is 21.5 Å². The van der Waals surface area contributed by atoms with Crippen LogP contribution in [0, 0.1) is 6.92 Å². The molecule has 120 valence electrons. The maximum absolute atomic E-state index is 12.8. The first-order chi connectivity index (χ1) is 11.7. The van der Waals surface area contributed by atoms with Crippen molar-refractivity contribution in [3.8, 4) is 10.6 Å². The van der Waals surface area contributed by atoms with Gasteiger partial charge in [0.2, 0.25) is 0 Å². The highest BCUT2D eigenvalue weighted by molar-refractivity contribution is 8.14. The van der Waals surface area contributed by atoms with E-state index in [1.165, 1.54) is 4.88 Å². The number of aliphatic imine (C=N–C) groups is 1. The van der Waals surface area contributed by atoms with Crippen LogP contribution >= 0.6 is 23.1 Å². The fourth-order valence-electron chi connectivity index (χ4n) is 2.64. The molecule has 4 rings (SSSR count). The van der Waals surface area contributed by atoms with Crippen LogP contribution in [0.5, 0.6) is 0 Å². The highest BCUT2D eigenvalue weighted by Crippen LogP contribution is 2.30. The number of aryl methyl sites for hydroxylation is 1. The van der Waals surface area contributed by atoms with Crippen molar-refractivity contribution in [2.24, 2.45) is 4.99 Å². The zero-order chi connectivity index (χ0) is 16.5. The number of aromatic nitrogens is 1. The predicted molar refractivity (Wildman–Crippen MR) is 102 cm³/mol. The summed E-state index contributed by atoms with van der Waals surface area (Å²) < 4.78 is 0. The molecule has 2 aromatic heterocycles. The number of carbonyl (C=O) groups excluding carboxylic acids is 1. The number of thiophene rings is 1. The minimum atomic E-state index is -0.128. The van der Waals surface area contributed by atoms with Gasteiger partial charge in [-0.05, 0) is 31.2 Å². The van der Waals surface area contributed by atoms with E-state index in [-0.39, 0.29) is 5.91 Å². The monoisotopic (exact) mass is 353 g/mol. The maximum atomic E-state index is 12.8. The summed E-state index contributed by atoms with van der Waals surface area (Å²) in [4.78, 5) is 24.1. The Labute approximate surface area is 148 Å². The van der Waals surface area contributed by atoms with Crippen LogP contribution in [0.1, 0.15) is 15.2 Å². The van der Waals surface area contributed by atoms with Crippen molar-refractivity contribution in [3.63, 3.8) is 0 Å². The number of amidine groups is 1. The first kappa shape index (κ1) is 15.4. The number of carbonyl (C=O) groups is 1. The Balaban J connectivity index is 1.81. The van der Waals surface area contributed by atoms with E-state index in [1.807, 2.05) is 30.3 Å². The fraction of sp³-hybridized carbons (Fsp3) is 0.167. The second-order valence-corrected chi connectivity index (χ2v) is 7.84. The van der Waals surface area contributed by atoms with E-state index in [0.29, 0.717) is 10.7 Å². The molecule has 0 saturated carbocycles. The average molecular weight is 353 g/mol. The third-order valence-corrected chi connectivity index (χ3v) is 5.67. The Hall–Kier alpha value is -2.18. The van der Waals surface area contributed by atoms with Crippen molar-refractivity contribution in [3.05, 3.63) is 52.9 Å². The smallest absolute Gasteiger partial charge is 0.257 e. The summed E-state index contributed by atoms with van der Waals surface area (Å²) in [7, 11) is 0. The highest BCUT2D eigenvalue weighted by Gasteiger charge is 2.17. The molecular formula is C18H15N3OS2. The van der Waals surface area contributed by atoms with E-state index in [0.717, 1.165) is 33.8 Å². The molecule has 1 aromatic carbocycles.